The molecule has 0 bridgehead atoms. The lowest BCUT2D eigenvalue weighted by molar-refractivity contribution is -0.139. The Hall–Kier alpha value is -1.04. The molecule has 1 atom stereocenters. The van der Waals surface area contributed by atoms with Crippen LogP contribution >= 0.6 is 15.9 Å². The van der Waals surface area contributed by atoms with Crippen molar-refractivity contribution >= 4 is 41.8 Å². The SMILES string of the molecule is CS(=O)(=O)CCC(NS(=O)(=O)c1cncc(Br)c1)C(=O)O. The van der Waals surface area contributed by atoms with E-state index < -0.39 is 37.6 Å². The van der Waals surface area contributed by atoms with Gasteiger partial charge in [-0.15, -0.1) is 0 Å². The minimum absolute atomic E-state index is 0.220. The van der Waals surface area contributed by atoms with Crippen LogP contribution in [0, 0.1) is 0 Å². The van der Waals surface area contributed by atoms with Crippen LogP contribution in [0.1, 0.15) is 6.42 Å². The molecule has 0 radical (unpaired) electrons. The molecule has 0 spiro atoms. The molecular weight excluding hydrogens is 388 g/mol. The molecule has 0 aliphatic rings. The standard InChI is InChI=1S/C10H13BrN2O6S2/c1-20(16,17)3-2-9(10(14)15)13-21(18,19)8-4-7(11)5-12-6-8/h4-6,9,13H,2-3H2,1H3,(H,14,15). The molecule has 0 aromatic carbocycles. The van der Waals surface area contributed by atoms with Crippen LogP contribution < -0.4 is 4.72 Å². The third kappa shape index (κ3) is 6.08. The van der Waals surface area contributed by atoms with Gasteiger partial charge in [0, 0.05) is 23.1 Å². The largest absolute Gasteiger partial charge is 0.480 e. The maximum atomic E-state index is 12.0. The number of halogens is 1. The van der Waals surface area contributed by atoms with Gasteiger partial charge in [-0.2, -0.15) is 4.72 Å². The van der Waals surface area contributed by atoms with Gasteiger partial charge in [-0.25, -0.2) is 16.8 Å². The van der Waals surface area contributed by atoms with Crippen molar-refractivity contribution in [2.75, 3.05) is 12.0 Å². The third-order valence-corrected chi connectivity index (χ3v) is 5.21. The van der Waals surface area contributed by atoms with Crippen molar-refractivity contribution in [2.24, 2.45) is 0 Å². The van der Waals surface area contributed by atoms with E-state index in [4.69, 9.17) is 5.11 Å². The van der Waals surface area contributed by atoms with Crippen molar-refractivity contribution in [1.29, 1.82) is 0 Å². The molecular formula is C10H13BrN2O6S2. The van der Waals surface area contributed by atoms with Gasteiger partial charge in [0.15, 0.2) is 0 Å². The molecule has 21 heavy (non-hydrogen) atoms. The van der Waals surface area contributed by atoms with Gasteiger partial charge < -0.3 is 5.11 Å². The fourth-order valence-electron chi connectivity index (χ4n) is 1.36. The molecule has 1 unspecified atom stereocenters. The van der Waals surface area contributed by atoms with E-state index in [0.717, 1.165) is 12.5 Å². The Bertz CT molecular complexity index is 732. The van der Waals surface area contributed by atoms with Crippen LogP contribution in [0.25, 0.3) is 0 Å². The summed E-state index contributed by atoms with van der Waals surface area (Å²) in [5.74, 6) is -1.89. The first kappa shape index (κ1) is 18.0. The van der Waals surface area contributed by atoms with Crippen LogP contribution in [-0.4, -0.2) is 50.9 Å². The first-order valence-electron chi connectivity index (χ1n) is 5.55. The Morgan fingerprint density at radius 1 is 1.38 bits per heavy atom. The summed E-state index contributed by atoms with van der Waals surface area (Å²) in [6.07, 6.45) is 3.01. The summed E-state index contributed by atoms with van der Waals surface area (Å²) in [5, 5.41) is 8.99. The van der Waals surface area contributed by atoms with Crippen molar-refractivity contribution in [3.63, 3.8) is 0 Å². The van der Waals surface area contributed by atoms with Crippen LogP contribution in [0.5, 0.6) is 0 Å². The van der Waals surface area contributed by atoms with Crippen molar-refractivity contribution in [3.8, 4) is 0 Å². The number of carbonyl (C=O) groups is 1. The highest BCUT2D eigenvalue weighted by atomic mass is 79.9. The van der Waals surface area contributed by atoms with E-state index in [1.54, 1.807) is 0 Å². The first-order chi connectivity index (χ1) is 9.51. The number of sulfonamides is 1. The van der Waals surface area contributed by atoms with E-state index in [0.29, 0.717) is 4.47 Å². The lowest BCUT2D eigenvalue weighted by Gasteiger charge is -2.14. The molecule has 0 amide bonds. The molecule has 1 heterocycles. The Morgan fingerprint density at radius 2 is 2.00 bits per heavy atom. The van der Waals surface area contributed by atoms with Gasteiger partial charge in [-0.1, -0.05) is 0 Å². The van der Waals surface area contributed by atoms with Gasteiger partial charge in [0.2, 0.25) is 10.0 Å². The molecule has 0 aliphatic carbocycles. The lowest BCUT2D eigenvalue weighted by atomic mass is 10.2. The fraction of sp³-hybridized carbons (Fsp3) is 0.400. The molecule has 0 fully saturated rings. The molecule has 1 aromatic rings. The molecule has 8 nitrogen and oxygen atoms in total. The van der Waals surface area contributed by atoms with E-state index in [1.807, 2.05) is 4.72 Å². The molecule has 1 aromatic heterocycles. The van der Waals surface area contributed by atoms with Crippen molar-refractivity contribution in [3.05, 3.63) is 22.9 Å². The Labute approximate surface area is 130 Å². The predicted octanol–water partition coefficient (Wildman–Crippen LogP) is 0.0103. The number of carboxylic acid groups (broad SMARTS) is 1. The zero-order chi connectivity index (χ0) is 16.3. The van der Waals surface area contributed by atoms with Crippen molar-refractivity contribution in [2.45, 2.75) is 17.4 Å². The number of nitrogens with zero attached hydrogens (tertiary/aromatic N) is 1. The second-order valence-electron chi connectivity index (χ2n) is 4.27. The first-order valence-corrected chi connectivity index (χ1v) is 9.88. The Morgan fingerprint density at radius 3 is 2.48 bits per heavy atom. The second kappa shape index (κ2) is 6.81. The molecule has 0 saturated carbocycles. The summed E-state index contributed by atoms with van der Waals surface area (Å²) in [4.78, 5) is 14.5. The topological polar surface area (TPSA) is 130 Å². The summed E-state index contributed by atoms with van der Waals surface area (Å²) in [6.45, 7) is 0. The lowest BCUT2D eigenvalue weighted by Crippen LogP contribution is -2.41. The minimum Gasteiger partial charge on any atom is -0.480 e. The summed E-state index contributed by atoms with van der Waals surface area (Å²) in [5.41, 5.74) is 0. The Kier molecular flexibility index (Phi) is 5.84. The number of carboxylic acids is 1. The van der Waals surface area contributed by atoms with Crippen LogP contribution in [0.15, 0.2) is 27.8 Å². The number of aliphatic carboxylic acids is 1. The van der Waals surface area contributed by atoms with Gasteiger partial charge in [0.1, 0.15) is 20.8 Å². The van der Waals surface area contributed by atoms with E-state index in [-0.39, 0.29) is 11.3 Å². The summed E-state index contributed by atoms with van der Waals surface area (Å²) >= 11 is 3.06. The van der Waals surface area contributed by atoms with Crippen LogP contribution in [0.4, 0.5) is 0 Å². The molecule has 118 valence electrons. The van der Waals surface area contributed by atoms with Crippen molar-refractivity contribution in [1.82, 2.24) is 9.71 Å². The third-order valence-electron chi connectivity index (χ3n) is 2.36. The maximum Gasteiger partial charge on any atom is 0.321 e. The van der Waals surface area contributed by atoms with E-state index in [2.05, 4.69) is 20.9 Å². The highest BCUT2D eigenvalue weighted by Gasteiger charge is 2.26. The quantitative estimate of drug-likeness (QED) is 0.658. The summed E-state index contributed by atoms with van der Waals surface area (Å²) < 4.78 is 48.5. The van der Waals surface area contributed by atoms with Crippen LogP contribution in [0.2, 0.25) is 0 Å². The Balaban J connectivity index is 2.95. The smallest absolute Gasteiger partial charge is 0.321 e. The van der Waals surface area contributed by atoms with Gasteiger partial charge >= 0.3 is 5.97 Å². The normalized spacial score (nSPS) is 13.8. The zero-order valence-corrected chi connectivity index (χ0v) is 14.1. The number of sulfone groups is 1. The average Bonchev–Trinajstić information content (AvgIpc) is 2.33. The van der Waals surface area contributed by atoms with Gasteiger partial charge in [-0.05, 0) is 28.4 Å². The number of pyridine rings is 1. The molecule has 0 aliphatic heterocycles. The minimum atomic E-state index is -4.11. The molecule has 0 saturated heterocycles. The zero-order valence-electron chi connectivity index (χ0n) is 10.9. The van der Waals surface area contributed by atoms with Crippen molar-refractivity contribution < 1.29 is 26.7 Å². The average molecular weight is 401 g/mol. The number of aromatic nitrogens is 1. The molecule has 1 rings (SSSR count). The predicted molar refractivity (Wildman–Crippen MR) is 78.0 cm³/mol. The summed E-state index contributed by atoms with van der Waals surface area (Å²) in [7, 11) is -7.51. The maximum absolute atomic E-state index is 12.0. The van der Waals surface area contributed by atoms with E-state index >= 15 is 0 Å². The van der Waals surface area contributed by atoms with E-state index in [1.165, 1.54) is 12.3 Å². The fourth-order valence-corrected chi connectivity index (χ4v) is 3.75. The molecule has 11 heteroatoms. The number of rotatable bonds is 7. The van der Waals surface area contributed by atoms with Gasteiger partial charge in [0.05, 0.1) is 5.75 Å². The number of hydrogen-bond acceptors (Lipinski definition) is 6. The van der Waals surface area contributed by atoms with Crippen LogP contribution in [-0.2, 0) is 24.7 Å². The summed E-state index contributed by atoms with van der Waals surface area (Å²) in [6, 6.07) is -0.283. The highest BCUT2D eigenvalue weighted by molar-refractivity contribution is 9.10. The molecule has 2 N–H and O–H groups in total. The van der Waals surface area contributed by atoms with Gasteiger partial charge in [0.25, 0.3) is 0 Å². The number of hydrogen-bond donors (Lipinski definition) is 2. The number of nitrogens with one attached hydrogen (secondary N) is 1. The highest BCUT2D eigenvalue weighted by Crippen LogP contribution is 2.15. The van der Waals surface area contributed by atoms with Gasteiger partial charge in [-0.3, -0.25) is 9.78 Å². The van der Waals surface area contributed by atoms with Crippen LogP contribution in [0.3, 0.4) is 0 Å². The van der Waals surface area contributed by atoms with E-state index in [9.17, 15) is 21.6 Å². The second-order valence-corrected chi connectivity index (χ2v) is 9.16. The monoisotopic (exact) mass is 400 g/mol.